The number of nitrogens with two attached hydrogens (primary N) is 1. The van der Waals surface area contributed by atoms with Crippen molar-refractivity contribution in [1.82, 2.24) is 0 Å². The van der Waals surface area contributed by atoms with Gasteiger partial charge in [0, 0.05) is 5.02 Å². The van der Waals surface area contributed by atoms with E-state index in [9.17, 15) is 4.79 Å². The number of carbonyl (C=O) groups excluding carboxylic acids is 1. The number of rotatable bonds is 5. The molecule has 110 valence electrons. The zero-order valence-electron chi connectivity index (χ0n) is 11.6. The molecule has 0 saturated heterocycles. The maximum atomic E-state index is 12.0. The van der Waals surface area contributed by atoms with Gasteiger partial charge < -0.3 is 15.2 Å². The first-order chi connectivity index (χ1) is 10.1. The van der Waals surface area contributed by atoms with Crippen molar-refractivity contribution < 1.29 is 14.3 Å². The Balaban J connectivity index is 2.00. The molecule has 0 atom stereocenters. The topological polar surface area (TPSA) is 61.5 Å². The highest BCUT2D eigenvalue weighted by Gasteiger charge is 2.10. The van der Waals surface area contributed by atoms with Crippen LogP contribution in [0.15, 0.2) is 42.5 Å². The van der Waals surface area contributed by atoms with Crippen LogP contribution in [-0.2, 0) is 11.3 Å². The van der Waals surface area contributed by atoms with Crippen LogP contribution in [0.5, 0.6) is 5.75 Å². The average molecular weight is 306 g/mol. The fourth-order valence-electron chi connectivity index (χ4n) is 1.78. The highest BCUT2D eigenvalue weighted by atomic mass is 35.5. The molecule has 0 aliphatic rings. The molecule has 0 unspecified atom stereocenters. The molecule has 0 aliphatic carbocycles. The fraction of sp³-hybridized carbons (Fsp3) is 0.188. The minimum atomic E-state index is -0.431. The zero-order chi connectivity index (χ0) is 15.2. The third-order valence-electron chi connectivity index (χ3n) is 2.83. The molecular weight excluding hydrogens is 290 g/mol. The lowest BCUT2D eigenvalue weighted by Gasteiger charge is -2.09. The molecule has 0 bridgehead atoms. The largest absolute Gasteiger partial charge is 0.492 e. The standard InChI is InChI=1S/C16H16ClNO3/c1-2-20-15-8-5-12(9-14(15)18)16(19)21-10-11-3-6-13(17)7-4-11/h3-9H,2,10,18H2,1H3. The predicted octanol–water partition coefficient (Wildman–Crippen LogP) is 3.68. The van der Waals surface area contributed by atoms with E-state index in [0.29, 0.717) is 28.6 Å². The number of halogens is 1. The lowest BCUT2D eigenvalue weighted by atomic mass is 10.2. The second-order valence-electron chi connectivity index (χ2n) is 4.39. The van der Waals surface area contributed by atoms with Crippen molar-refractivity contribution in [2.75, 3.05) is 12.3 Å². The summed E-state index contributed by atoms with van der Waals surface area (Å²) >= 11 is 5.79. The lowest BCUT2D eigenvalue weighted by molar-refractivity contribution is 0.0473. The highest BCUT2D eigenvalue weighted by molar-refractivity contribution is 6.30. The second kappa shape index (κ2) is 6.99. The molecule has 0 heterocycles. The number of carbonyl (C=O) groups is 1. The van der Waals surface area contributed by atoms with E-state index >= 15 is 0 Å². The maximum absolute atomic E-state index is 12.0. The normalized spacial score (nSPS) is 10.2. The van der Waals surface area contributed by atoms with Gasteiger partial charge in [0.25, 0.3) is 0 Å². The number of nitrogen functional groups attached to an aromatic ring is 1. The van der Waals surface area contributed by atoms with Crippen LogP contribution in [0, 0.1) is 0 Å². The molecule has 5 heteroatoms. The van der Waals surface area contributed by atoms with Gasteiger partial charge in [-0.25, -0.2) is 4.79 Å². The van der Waals surface area contributed by atoms with E-state index in [4.69, 9.17) is 26.8 Å². The Morgan fingerprint density at radius 2 is 1.90 bits per heavy atom. The number of hydrogen-bond donors (Lipinski definition) is 1. The number of esters is 1. The first-order valence-corrected chi connectivity index (χ1v) is 6.92. The molecule has 2 rings (SSSR count). The first kappa shape index (κ1) is 15.2. The smallest absolute Gasteiger partial charge is 0.338 e. The summed E-state index contributed by atoms with van der Waals surface area (Å²) in [5.74, 6) is 0.131. The Labute approximate surface area is 128 Å². The summed E-state index contributed by atoms with van der Waals surface area (Å²) in [5.41, 5.74) is 7.50. The van der Waals surface area contributed by atoms with E-state index in [-0.39, 0.29) is 6.61 Å². The van der Waals surface area contributed by atoms with Gasteiger partial charge in [0.05, 0.1) is 17.9 Å². The average Bonchev–Trinajstić information content (AvgIpc) is 2.48. The quantitative estimate of drug-likeness (QED) is 0.676. The van der Waals surface area contributed by atoms with Crippen molar-refractivity contribution >= 4 is 23.3 Å². The van der Waals surface area contributed by atoms with Crippen molar-refractivity contribution in [1.29, 1.82) is 0 Å². The molecule has 2 aromatic carbocycles. The van der Waals surface area contributed by atoms with Crippen molar-refractivity contribution in [3.8, 4) is 5.75 Å². The zero-order valence-corrected chi connectivity index (χ0v) is 12.4. The van der Waals surface area contributed by atoms with Gasteiger partial charge in [-0.15, -0.1) is 0 Å². The third-order valence-corrected chi connectivity index (χ3v) is 3.08. The molecule has 0 aromatic heterocycles. The Morgan fingerprint density at radius 3 is 2.52 bits per heavy atom. The molecule has 0 saturated carbocycles. The number of ether oxygens (including phenoxy) is 2. The van der Waals surface area contributed by atoms with Gasteiger partial charge in [0.2, 0.25) is 0 Å². The molecule has 2 N–H and O–H groups in total. The van der Waals surface area contributed by atoms with Crippen LogP contribution < -0.4 is 10.5 Å². The summed E-state index contributed by atoms with van der Waals surface area (Å²) in [5, 5.41) is 0.643. The summed E-state index contributed by atoms with van der Waals surface area (Å²) in [6.07, 6.45) is 0. The maximum Gasteiger partial charge on any atom is 0.338 e. The Hall–Kier alpha value is -2.20. The molecule has 0 spiro atoms. The SMILES string of the molecule is CCOc1ccc(C(=O)OCc2ccc(Cl)cc2)cc1N. The Bertz CT molecular complexity index is 626. The summed E-state index contributed by atoms with van der Waals surface area (Å²) in [4.78, 5) is 12.0. The molecule has 21 heavy (non-hydrogen) atoms. The van der Waals surface area contributed by atoms with Gasteiger partial charge in [-0.1, -0.05) is 23.7 Å². The van der Waals surface area contributed by atoms with Gasteiger partial charge in [-0.05, 0) is 42.8 Å². The van der Waals surface area contributed by atoms with Crippen molar-refractivity contribution in [3.63, 3.8) is 0 Å². The summed E-state index contributed by atoms with van der Waals surface area (Å²) in [6, 6.07) is 12.0. The van der Waals surface area contributed by atoms with Crippen LogP contribution in [0.1, 0.15) is 22.8 Å². The second-order valence-corrected chi connectivity index (χ2v) is 4.82. The number of benzene rings is 2. The van der Waals surface area contributed by atoms with Crippen molar-refractivity contribution in [3.05, 3.63) is 58.6 Å². The summed E-state index contributed by atoms with van der Waals surface area (Å²) in [6.45, 7) is 2.57. The molecule has 2 aromatic rings. The predicted molar refractivity (Wildman–Crippen MR) is 82.6 cm³/mol. The molecule has 0 amide bonds. The number of anilines is 1. The van der Waals surface area contributed by atoms with Crippen LogP contribution in [-0.4, -0.2) is 12.6 Å². The van der Waals surface area contributed by atoms with Crippen LogP contribution in [0.4, 0.5) is 5.69 Å². The van der Waals surface area contributed by atoms with E-state index < -0.39 is 5.97 Å². The van der Waals surface area contributed by atoms with Crippen LogP contribution in [0.3, 0.4) is 0 Å². The summed E-state index contributed by atoms with van der Waals surface area (Å²) < 4.78 is 10.6. The van der Waals surface area contributed by atoms with E-state index in [2.05, 4.69) is 0 Å². The van der Waals surface area contributed by atoms with E-state index in [1.807, 2.05) is 19.1 Å². The minimum absolute atomic E-state index is 0.184. The van der Waals surface area contributed by atoms with Gasteiger partial charge in [0.15, 0.2) is 0 Å². The third kappa shape index (κ3) is 4.13. The van der Waals surface area contributed by atoms with Gasteiger partial charge in [-0.3, -0.25) is 0 Å². The van der Waals surface area contributed by atoms with Crippen LogP contribution in [0.2, 0.25) is 5.02 Å². The first-order valence-electron chi connectivity index (χ1n) is 6.54. The van der Waals surface area contributed by atoms with Crippen LogP contribution >= 0.6 is 11.6 Å². The van der Waals surface area contributed by atoms with E-state index in [1.54, 1.807) is 30.3 Å². The van der Waals surface area contributed by atoms with Crippen LogP contribution in [0.25, 0.3) is 0 Å². The molecular formula is C16H16ClNO3. The monoisotopic (exact) mass is 305 g/mol. The van der Waals surface area contributed by atoms with E-state index in [0.717, 1.165) is 5.56 Å². The Kier molecular flexibility index (Phi) is 5.06. The summed E-state index contributed by atoms with van der Waals surface area (Å²) in [7, 11) is 0. The molecule has 0 radical (unpaired) electrons. The minimum Gasteiger partial charge on any atom is -0.492 e. The molecule has 0 aliphatic heterocycles. The molecule has 4 nitrogen and oxygen atoms in total. The fourth-order valence-corrected chi connectivity index (χ4v) is 1.90. The lowest BCUT2D eigenvalue weighted by Crippen LogP contribution is -2.06. The van der Waals surface area contributed by atoms with Gasteiger partial charge in [0.1, 0.15) is 12.4 Å². The number of hydrogen-bond acceptors (Lipinski definition) is 4. The van der Waals surface area contributed by atoms with Gasteiger partial charge >= 0.3 is 5.97 Å². The Morgan fingerprint density at radius 1 is 1.19 bits per heavy atom. The highest BCUT2D eigenvalue weighted by Crippen LogP contribution is 2.23. The van der Waals surface area contributed by atoms with Crippen molar-refractivity contribution in [2.45, 2.75) is 13.5 Å². The molecule has 0 fully saturated rings. The van der Waals surface area contributed by atoms with Gasteiger partial charge in [-0.2, -0.15) is 0 Å². The van der Waals surface area contributed by atoms with Crippen molar-refractivity contribution in [2.24, 2.45) is 0 Å². The van der Waals surface area contributed by atoms with E-state index in [1.165, 1.54) is 0 Å².